The summed E-state index contributed by atoms with van der Waals surface area (Å²) in [6.07, 6.45) is 6.82. The van der Waals surface area contributed by atoms with Gasteiger partial charge in [-0.3, -0.25) is 0 Å². The lowest BCUT2D eigenvalue weighted by molar-refractivity contribution is 0.315. The molecule has 2 heterocycles. The molecule has 1 aromatic rings. The Hall–Kier alpha value is -0.850. The molecule has 0 aliphatic carbocycles. The zero-order valence-electron chi connectivity index (χ0n) is 13.3. The molecule has 2 rings (SSSR count). The summed E-state index contributed by atoms with van der Waals surface area (Å²) >= 11 is 0. The minimum atomic E-state index is -3.38. The molecule has 120 valence electrons. The highest BCUT2D eigenvalue weighted by Gasteiger charge is 2.32. The lowest BCUT2D eigenvalue weighted by Gasteiger charge is -2.27. The first-order chi connectivity index (χ1) is 10.0. The zero-order valence-corrected chi connectivity index (χ0v) is 14.1. The SMILES string of the molecule is CCC1CCCCCN1S(=O)(=O)c1cc(CNC)n(C)c1. The van der Waals surface area contributed by atoms with Crippen molar-refractivity contribution in [2.45, 2.75) is 56.5 Å². The topological polar surface area (TPSA) is 54.3 Å². The number of nitrogens with zero attached hydrogens (tertiary/aromatic N) is 2. The highest BCUT2D eigenvalue weighted by molar-refractivity contribution is 7.89. The summed E-state index contributed by atoms with van der Waals surface area (Å²) in [4.78, 5) is 0.426. The van der Waals surface area contributed by atoms with E-state index in [4.69, 9.17) is 0 Å². The van der Waals surface area contributed by atoms with Crippen molar-refractivity contribution < 1.29 is 8.42 Å². The molecule has 21 heavy (non-hydrogen) atoms. The number of aryl methyl sites for hydroxylation is 1. The predicted molar refractivity (Wildman–Crippen MR) is 84.6 cm³/mol. The van der Waals surface area contributed by atoms with E-state index >= 15 is 0 Å². The van der Waals surface area contributed by atoms with Crippen molar-refractivity contribution in [2.24, 2.45) is 7.05 Å². The first kappa shape index (κ1) is 16.5. The van der Waals surface area contributed by atoms with Gasteiger partial charge in [0.05, 0.1) is 0 Å². The second kappa shape index (κ2) is 6.94. The van der Waals surface area contributed by atoms with Gasteiger partial charge in [0.15, 0.2) is 0 Å². The summed E-state index contributed by atoms with van der Waals surface area (Å²) in [6, 6.07) is 1.94. The maximum absolute atomic E-state index is 13.0. The quantitative estimate of drug-likeness (QED) is 0.905. The molecule has 0 amide bonds. The maximum atomic E-state index is 13.0. The number of hydrogen-bond acceptors (Lipinski definition) is 3. The Morgan fingerprint density at radius 1 is 1.33 bits per heavy atom. The fourth-order valence-corrected chi connectivity index (χ4v) is 4.95. The number of hydrogen-bond donors (Lipinski definition) is 1. The van der Waals surface area contributed by atoms with Crippen molar-refractivity contribution in [3.8, 4) is 0 Å². The number of aromatic nitrogens is 1. The van der Waals surface area contributed by atoms with Gasteiger partial charge in [-0.25, -0.2) is 8.42 Å². The molecule has 1 saturated heterocycles. The second-order valence-electron chi connectivity index (χ2n) is 5.84. The molecule has 1 atom stereocenters. The first-order valence-electron chi connectivity index (χ1n) is 7.82. The van der Waals surface area contributed by atoms with Crippen LogP contribution in [0.15, 0.2) is 17.2 Å². The summed E-state index contributed by atoms with van der Waals surface area (Å²) in [5.74, 6) is 0. The van der Waals surface area contributed by atoms with Gasteiger partial charge in [-0.1, -0.05) is 19.8 Å². The average Bonchev–Trinajstić information content (AvgIpc) is 2.69. The van der Waals surface area contributed by atoms with Gasteiger partial charge in [0.2, 0.25) is 10.0 Å². The van der Waals surface area contributed by atoms with Crippen LogP contribution in [0.2, 0.25) is 0 Å². The summed E-state index contributed by atoms with van der Waals surface area (Å²) in [6.45, 7) is 3.40. The van der Waals surface area contributed by atoms with Crippen molar-refractivity contribution in [1.82, 2.24) is 14.2 Å². The summed E-state index contributed by atoms with van der Waals surface area (Å²) in [5.41, 5.74) is 0.985. The Labute approximate surface area is 128 Å². The Kier molecular flexibility index (Phi) is 5.46. The predicted octanol–water partition coefficient (Wildman–Crippen LogP) is 2.09. The van der Waals surface area contributed by atoms with E-state index in [0.29, 0.717) is 18.0 Å². The smallest absolute Gasteiger partial charge is 0.244 e. The molecule has 1 aromatic heterocycles. The van der Waals surface area contributed by atoms with Gasteiger partial charge >= 0.3 is 0 Å². The number of sulfonamides is 1. The van der Waals surface area contributed by atoms with Crippen LogP contribution in [0.1, 0.15) is 44.7 Å². The van der Waals surface area contributed by atoms with Crippen LogP contribution in [-0.4, -0.2) is 36.9 Å². The lowest BCUT2D eigenvalue weighted by atomic mass is 10.1. The van der Waals surface area contributed by atoms with Crippen LogP contribution < -0.4 is 5.32 Å². The molecule has 0 spiro atoms. The molecule has 1 fully saturated rings. The van der Waals surface area contributed by atoms with Crippen molar-refractivity contribution in [3.05, 3.63) is 18.0 Å². The van der Waals surface area contributed by atoms with Crippen molar-refractivity contribution in [3.63, 3.8) is 0 Å². The van der Waals surface area contributed by atoms with Gasteiger partial charge in [-0.15, -0.1) is 0 Å². The highest BCUT2D eigenvalue weighted by Crippen LogP contribution is 2.27. The molecule has 5 nitrogen and oxygen atoms in total. The van der Waals surface area contributed by atoms with Gasteiger partial charge in [0.25, 0.3) is 0 Å². The van der Waals surface area contributed by atoms with E-state index < -0.39 is 10.0 Å². The van der Waals surface area contributed by atoms with E-state index in [0.717, 1.165) is 37.8 Å². The fourth-order valence-electron chi connectivity index (χ4n) is 3.09. The van der Waals surface area contributed by atoms with E-state index in [1.165, 1.54) is 0 Å². The second-order valence-corrected chi connectivity index (χ2v) is 7.73. The van der Waals surface area contributed by atoms with Crippen LogP contribution in [0.4, 0.5) is 0 Å². The van der Waals surface area contributed by atoms with Crippen molar-refractivity contribution in [2.75, 3.05) is 13.6 Å². The molecule has 0 saturated carbocycles. The Bertz CT molecular complexity index is 565. The average molecular weight is 313 g/mol. The Morgan fingerprint density at radius 2 is 2.10 bits per heavy atom. The van der Waals surface area contributed by atoms with Gasteiger partial charge in [0.1, 0.15) is 4.90 Å². The minimum Gasteiger partial charge on any atom is -0.352 e. The molecule has 0 bridgehead atoms. The largest absolute Gasteiger partial charge is 0.352 e. The number of rotatable bonds is 5. The van der Waals surface area contributed by atoms with Gasteiger partial charge < -0.3 is 9.88 Å². The highest BCUT2D eigenvalue weighted by atomic mass is 32.2. The third-order valence-electron chi connectivity index (χ3n) is 4.34. The third kappa shape index (κ3) is 3.49. The molecule has 1 N–H and O–H groups in total. The minimum absolute atomic E-state index is 0.144. The molecular formula is C15H27N3O2S. The summed E-state index contributed by atoms with van der Waals surface area (Å²) in [5, 5.41) is 3.07. The molecule has 0 radical (unpaired) electrons. The van der Waals surface area contributed by atoms with E-state index in [1.54, 1.807) is 16.6 Å². The molecule has 0 aromatic carbocycles. The van der Waals surface area contributed by atoms with Crippen LogP contribution in [0.25, 0.3) is 0 Å². The molecule has 1 unspecified atom stereocenters. The van der Waals surface area contributed by atoms with Crippen LogP contribution >= 0.6 is 0 Å². The van der Waals surface area contributed by atoms with Crippen molar-refractivity contribution >= 4 is 10.0 Å². The Balaban J connectivity index is 2.33. The first-order valence-corrected chi connectivity index (χ1v) is 9.26. The number of nitrogens with one attached hydrogen (secondary N) is 1. The van der Waals surface area contributed by atoms with E-state index in [1.807, 2.05) is 18.7 Å². The molecular weight excluding hydrogens is 286 g/mol. The van der Waals surface area contributed by atoms with Gasteiger partial charge in [-0.05, 0) is 32.4 Å². The monoisotopic (exact) mass is 313 g/mol. The van der Waals surface area contributed by atoms with E-state index in [-0.39, 0.29) is 6.04 Å². The Morgan fingerprint density at radius 3 is 2.76 bits per heavy atom. The van der Waals surface area contributed by atoms with Crippen LogP contribution in [0, 0.1) is 0 Å². The maximum Gasteiger partial charge on any atom is 0.244 e. The third-order valence-corrected chi connectivity index (χ3v) is 6.26. The van der Waals surface area contributed by atoms with Crippen LogP contribution in [0.3, 0.4) is 0 Å². The standard InChI is InChI=1S/C15H27N3O2S/c1-4-13-8-6-5-7-9-18(13)21(19,20)15-10-14(11-16-2)17(3)12-15/h10,12-13,16H,4-9,11H2,1-3H3. The zero-order chi connectivity index (χ0) is 15.5. The lowest BCUT2D eigenvalue weighted by Crippen LogP contribution is -2.39. The molecule has 6 heteroatoms. The van der Waals surface area contributed by atoms with Gasteiger partial charge in [0, 0.05) is 38.1 Å². The fraction of sp³-hybridized carbons (Fsp3) is 0.733. The van der Waals surface area contributed by atoms with Crippen molar-refractivity contribution in [1.29, 1.82) is 0 Å². The summed E-state index contributed by atoms with van der Waals surface area (Å²) in [7, 11) is 0.377. The normalized spacial score (nSPS) is 21.4. The van der Waals surface area contributed by atoms with Crippen LogP contribution in [-0.2, 0) is 23.6 Å². The van der Waals surface area contributed by atoms with E-state index in [9.17, 15) is 8.42 Å². The van der Waals surface area contributed by atoms with E-state index in [2.05, 4.69) is 12.2 Å². The summed E-state index contributed by atoms with van der Waals surface area (Å²) < 4.78 is 29.6. The molecule has 1 aliphatic heterocycles. The molecule has 1 aliphatic rings. The van der Waals surface area contributed by atoms with Gasteiger partial charge in [-0.2, -0.15) is 4.31 Å². The van der Waals surface area contributed by atoms with Crippen LogP contribution in [0.5, 0.6) is 0 Å².